The fourth-order valence-electron chi connectivity index (χ4n) is 0.751. The number of hydrogen-bond acceptors (Lipinski definition) is 3. The normalized spacial score (nSPS) is 11.1. The Morgan fingerprint density at radius 2 is 1.73 bits per heavy atom. The van der Waals surface area contributed by atoms with Crippen molar-refractivity contribution in [3.05, 3.63) is 35.9 Å². The first-order valence-electron chi connectivity index (χ1n) is 3.13. The number of rotatable bonds is 2. The molecule has 0 aliphatic heterocycles. The van der Waals surface area contributed by atoms with E-state index in [1.165, 1.54) is 12.1 Å². The summed E-state index contributed by atoms with van der Waals surface area (Å²) in [6.45, 7) is 0. The summed E-state index contributed by atoms with van der Waals surface area (Å²) < 4.78 is 0. The predicted octanol–water partition coefficient (Wildman–Crippen LogP) is 0.0229. The van der Waals surface area contributed by atoms with Gasteiger partial charge in [0.1, 0.15) is 0 Å². The lowest BCUT2D eigenvalue weighted by molar-refractivity contribution is -0.173. The van der Waals surface area contributed by atoms with Crippen LogP contribution >= 0.6 is 0 Å². The molecule has 11 heavy (non-hydrogen) atoms. The predicted molar refractivity (Wildman–Crippen MR) is 38.6 cm³/mol. The zero-order valence-electron chi connectivity index (χ0n) is 5.77. The number of aldehydes is 1. The smallest absolute Gasteiger partial charge is 0.248 e. The second-order valence-electron chi connectivity index (χ2n) is 2.21. The molecule has 0 heterocycles. The summed E-state index contributed by atoms with van der Waals surface area (Å²) in [5.41, 5.74) is 0.176. The van der Waals surface area contributed by atoms with E-state index < -0.39 is 5.79 Å². The van der Waals surface area contributed by atoms with E-state index >= 15 is 0 Å². The Balaban J connectivity index is 3.02. The maximum absolute atomic E-state index is 10.1. The van der Waals surface area contributed by atoms with Gasteiger partial charge in [-0.2, -0.15) is 0 Å². The summed E-state index contributed by atoms with van der Waals surface area (Å²) >= 11 is 0. The summed E-state index contributed by atoms with van der Waals surface area (Å²) in [5.74, 6) is -2.35. The van der Waals surface area contributed by atoms with Gasteiger partial charge in [0.25, 0.3) is 0 Å². The van der Waals surface area contributed by atoms with Gasteiger partial charge >= 0.3 is 0 Å². The molecule has 0 unspecified atom stereocenters. The van der Waals surface area contributed by atoms with Crippen molar-refractivity contribution < 1.29 is 15.0 Å². The zero-order valence-corrected chi connectivity index (χ0v) is 5.77. The Kier molecular flexibility index (Phi) is 2.03. The van der Waals surface area contributed by atoms with E-state index in [2.05, 4.69) is 0 Å². The molecule has 0 saturated heterocycles. The molecule has 3 nitrogen and oxygen atoms in total. The lowest BCUT2D eigenvalue weighted by Gasteiger charge is -2.13. The van der Waals surface area contributed by atoms with E-state index in [0.717, 1.165) is 0 Å². The fraction of sp³-hybridized carbons (Fsp3) is 0.125. The van der Waals surface area contributed by atoms with Gasteiger partial charge in [-0.3, -0.25) is 4.79 Å². The van der Waals surface area contributed by atoms with Crippen LogP contribution in [-0.4, -0.2) is 16.5 Å². The third-order valence-electron chi connectivity index (χ3n) is 1.36. The fourth-order valence-corrected chi connectivity index (χ4v) is 0.751. The molecule has 0 bridgehead atoms. The lowest BCUT2D eigenvalue weighted by atomic mass is 10.1. The van der Waals surface area contributed by atoms with Crippen molar-refractivity contribution in [1.82, 2.24) is 0 Å². The molecule has 0 fully saturated rings. The molecule has 1 aromatic carbocycles. The molecule has 0 aliphatic carbocycles. The SMILES string of the molecule is O=CC(O)(O)c1ccccc1. The number of aliphatic hydroxyl groups is 2. The monoisotopic (exact) mass is 152 g/mol. The van der Waals surface area contributed by atoms with E-state index in [4.69, 9.17) is 10.2 Å². The van der Waals surface area contributed by atoms with Crippen LogP contribution in [0.5, 0.6) is 0 Å². The highest BCUT2D eigenvalue weighted by Crippen LogP contribution is 2.13. The van der Waals surface area contributed by atoms with Crippen LogP contribution in [0.2, 0.25) is 0 Å². The molecule has 3 heteroatoms. The summed E-state index contributed by atoms with van der Waals surface area (Å²) in [4.78, 5) is 10.1. The quantitative estimate of drug-likeness (QED) is 0.464. The van der Waals surface area contributed by atoms with Gasteiger partial charge in [-0.15, -0.1) is 0 Å². The second kappa shape index (κ2) is 2.82. The minimum atomic E-state index is -2.35. The molecule has 0 aliphatic rings. The van der Waals surface area contributed by atoms with Crippen LogP contribution in [0.3, 0.4) is 0 Å². The van der Waals surface area contributed by atoms with Crippen LogP contribution in [0, 0.1) is 0 Å². The molecule has 2 N–H and O–H groups in total. The maximum Gasteiger partial charge on any atom is 0.248 e. The molecule has 0 atom stereocenters. The number of hydrogen-bond donors (Lipinski definition) is 2. The molecule has 0 amide bonds. The Bertz CT molecular complexity index is 241. The number of benzene rings is 1. The van der Waals surface area contributed by atoms with Crippen LogP contribution in [0.4, 0.5) is 0 Å². The van der Waals surface area contributed by atoms with Gasteiger partial charge in [-0.1, -0.05) is 30.3 Å². The standard InChI is InChI=1S/C8H8O3/c9-6-8(10,11)7-4-2-1-3-5-7/h1-6,10-11H. The number of carbonyl (C=O) groups excluding carboxylic acids is 1. The summed E-state index contributed by atoms with van der Waals surface area (Å²) in [6, 6.07) is 7.91. The average Bonchev–Trinajstić information content (AvgIpc) is 2.06. The largest absolute Gasteiger partial charge is 0.356 e. The Morgan fingerprint density at radius 1 is 1.18 bits per heavy atom. The molecule has 0 spiro atoms. The van der Waals surface area contributed by atoms with E-state index in [0.29, 0.717) is 0 Å². The maximum atomic E-state index is 10.1. The van der Waals surface area contributed by atoms with Gasteiger partial charge in [0.15, 0.2) is 6.29 Å². The summed E-state index contributed by atoms with van der Waals surface area (Å²) in [7, 11) is 0. The first-order chi connectivity index (χ1) is 5.17. The van der Waals surface area contributed by atoms with Crippen LogP contribution in [0.15, 0.2) is 30.3 Å². The van der Waals surface area contributed by atoms with Crippen molar-refractivity contribution in [2.45, 2.75) is 5.79 Å². The van der Waals surface area contributed by atoms with Gasteiger partial charge < -0.3 is 10.2 Å². The Hall–Kier alpha value is -1.19. The van der Waals surface area contributed by atoms with Crippen LogP contribution in [0.1, 0.15) is 5.56 Å². The van der Waals surface area contributed by atoms with E-state index in [1.807, 2.05) is 0 Å². The highest BCUT2D eigenvalue weighted by molar-refractivity contribution is 5.62. The minimum absolute atomic E-state index is 0.0856. The van der Waals surface area contributed by atoms with Crippen LogP contribution in [-0.2, 0) is 10.6 Å². The molecule has 0 radical (unpaired) electrons. The van der Waals surface area contributed by atoms with E-state index in [9.17, 15) is 4.79 Å². The van der Waals surface area contributed by atoms with Crippen molar-refractivity contribution >= 4 is 6.29 Å². The molecule has 0 saturated carbocycles. The first-order valence-corrected chi connectivity index (χ1v) is 3.13. The molecule has 1 rings (SSSR count). The molecule has 1 aromatic rings. The average molecular weight is 152 g/mol. The van der Waals surface area contributed by atoms with Gasteiger partial charge in [-0.05, 0) is 0 Å². The van der Waals surface area contributed by atoms with Gasteiger partial charge in [0.05, 0.1) is 0 Å². The molecule has 0 aromatic heterocycles. The van der Waals surface area contributed by atoms with E-state index in [-0.39, 0.29) is 11.8 Å². The van der Waals surface area contributed by atoms with Gasteiger partial charge in [0.2, 0.25) is 5.79 Å². The third kappa shape index (κ3) is 1.63. The minimum Gasteiger partial charge on any atom is -0.356 e. The van der Waals surface area contributed by atoms with Crippen LogP contribution in [0.25, 0.3) is 0 Å². The van der Waals surface area contributed by atoms with Crippen molar-refractivity contribution in [2.24, 2.45) is 0 Å². The highest BCUT2D eigenvalue weighted by Gasteiger charge is 2.23. The zero-order chi connectivity index (χ0) is 8.32. The summed E-state index contributed by atoms with van der Waals surface area (Å²) in [6.07, 6.45) is 0.0856. The third-order valence-corrected chi connectivity index (χ3v) is 1.36. The van der Waals surface area contributed by atoms with Crippen LogP contribution < -0.4 is 0 Å². The van der Waals surface area contributed by atoms with Crippen molar-refractivity contribution in [3.63, 3.8) is 0 Å². The highest BCUT2D eigenvalue weighted by atomic mass is 16.5. The number of carbonyl (C=O) groups is 1. The Labute approximate surface area is 63.9 Å². The van der Waals surface area contributed by atoms with E-state index in [1.54, 1.807) is 18.2 Å². The molecule has 58 valence electrons. The summed E-state index contributed by atoms with van der Waals surface area (Å²) in [5, 5.41) is 18.0. The van der Waals surface area contributed by atoms with Gasteiger partial charge in [0, 0.05) is 5.56 Å². The first kappa shape index (κ1) is 7.91. The van der Waals surface area contributed by atoms with Gasteiger partial charge in [-0.25, -0.2) is 0 Å². The molecular formula is C8H8O3. The van der Waals surface area contributed by atoms with Crippen molar-refractivity contribution in [3.8, 4) is 0 Å². The molecular weight excluding hydrogens is 144 g/mol. The second-order valence-corrected chi connectivity index (χ2v) is 2.21. The van der Waals surface area contributed by atoms with Crippen molar-refractivity contribution in [1.29, 1.82) is 0 Å². The lowest BCUT2D eigenvalue weighted by Crippen LogP contribution is -2.26. The Morgan fingerprint density at radius 3 is 2.18 bits per heavy atom. The topological polar surface area (TPSA) is 57.5 Å². The van der Waals surface area contributed by atoms with Crippen molar-refractivity contribution in [2.75, 3.05) is 0 Å².